The Kier molecular flexibility index (Phi) is 7.69. The van der Waals surface area contributed by atoms with Gasteiger partial charge >= 0.3 is 6.09 Å². The highest BCUT2D eigenvalue weighted by Crippen LogP contribution is 2.23. The zero-order valence-electron chi connectivity index (χ0n) is 17.2. The molecule has 1 aromatic rings. The Balaban J connectivity index is 1.81. The van der Waals surface area contributed by atoms with Crippen molar-refractivity contribution in [2.45, 2.75) is 64.7 Å². The molecule has 0 aliphatic carbocycles. The number of aliphatic hydroxyl groups is 1. The van der Waals surface area contributed by atoms with Gasteiger partial charge in [0.05, 0.1) is 12.1 Å². The summed E-state index contributed by atoms with van der Waals surface area (Å²) in [4.78, 5) is 25.1. The van der Waals surface area contributed by atoms with Crippen LogP contribution in [-0.4, -0.2) is 53.3 Å². The van der Waals surface area contributed by atoms with E-state index in [0.29, 0.717) is 25.3 Å². The lowest BCUT2D eigenvalue weighted by molar-refractivity contribution is -0.130. The first-order valence-corrected chi connectivity index (χ1v) is 9.80. The Morgan fingerprint density at radius 2 is 2.11 bits per heavy atom. The first kappa shape index (κ1) is 22.0. The Bertz CT molecular complexity index is 671. The quantitative estimate of drug-likeness (QED) is 0.745. The van der Waals surface area contributed by atoms with E-state index in [9.17, 15) is 14.7 Å². The summed E-state index contributed by atoms with van der Waals surface area (Å²) in [5.41, 5.74) is 0.171. The maximum Gasteiger partial charge on any atom is 0.407 e. The van der Waals surface area contributed by atoms with Crippen LogP contribution in [-0.2, 0) is 9.53 Å². The van der Waals surface area contributed by atoms with Gasteiger partial charge in [-0.3, -0.25) is 4.79 Å². The SMILES string of the molecule is CC(=O)N1CCC[C@H]1COc1cccc([C@H](O)CCNC(=O)OC(C)(C)C)c1. The molecular weight excluding hydrogens is 360 g/mol. The number of amides is 2. The van der Waals surface area contributed by atoms with Gasteiger partial charge in [0.1, 0.15) is 18.0 Å². The van der Waals surface area contributed by atoms with Gasteiger partial charge in [0.25, 0.3) is 0 Å². The second kappa shape index (κ2) is 9.78. The summed E-state index contributed by atoms with van der Waals surface area (Å²) in [6.45, 7) is 8.51. The van der Waals surface area contributed by atoms with Crippen molar-refractivity contribution < 1.29 is 24.2 Å². The standard InChI is InChI=1S/C21H32N2O5/c1-15(24)23-12-6-8-17(23)14-27-18-9-5-7-16(13-18)19(25)10-11-22-20(26)28-21(2,3)4/h5,7,9,13,17,19,25H,6,8,10-12,14H2,1-4H3,(H,22,26)/t17-,19+/m0/s1. The molecule has 0 saturated carbocycles. The van der Waals surface area contributed by atoms with Gasteiger partial charge in [-0.15, -0.1) is 0 Å². The highest BCUT2D eigenvalue weighted by Gasteiger charge is 2.27. The molecule has 2 atom stereocenters. The van der Waals surface area contributed by atoms with E-state index in [-0.39, 0.29) is 11.9 Å². The van der Waals surface area contributed by atoms with Gasteiger partial charge < -0.3 is 24.8 Å². The smallest absolute Gasteiger partial charge is 0.407 e. The monoisotopic (exact) mass is 392 g/mol. The molecule has 0 aromatic heterocycles. The van der Waals surface area contributed by atoms with Crippen LogP contribution >= 0.6 is 0 Å². The average Bonchev–Trinajstić information content (AvgIpc) is 3.07. The highest BCUT2D eigenvalue weighted by atomic mass is 16.6. The molecule has 156 valence electrons. The normalized spacial score (nSPS) is 17.9. The number of alkyl carbamates (subject to hydrolysis) is 1. The molecule has 0 radical (unpaired) electrons. The van der Waals surface area contributed by atoms with Crippen LogP contribution in [0.25, 0.3) is 0 Å². The van der Waals surface area contributed by atoms with Crippen molar-refractivity contribution in [2.75, 3.05) is 19.7 Å². The molecule has 2 rings (SSSR count). The zero-order chi connectivity index (χ0) is 20.7. The lowest BCUT2D eigenvalue weighted by atomic mass is 10.1. The fourth-order valence-corrected chi connectivity index (χ4v) is 3.22. The summed E-state index contributed by atoms with van der Waals surface area (Å²) in [6, 6.07) is 7.38. The summed E-state index contributed by atoms with van der Waals surface area (Å²) >= 11 is 0. The van der Waals surface area contributed by atoms with Crippen LogP contribution in [0.15, 0.2) is 24.3 Å². The van der Waals surface area contributed by atoms with Crippen LogP contribution in [0.2, 0.25) is 0 Å². The molecule has 1 aromatic carbocycles. The summed E-state index contributed by atoms with van der Waals surface area (Å²) in [5, 5.41) is 13.0. The molecule has 1 saturated heterocycles. The third-order valence-corrected chi connectivity index (χ3v) is 4.55. The third-order valence-electron chi connectivity index (χ3n) is 4.55. The minimum Gasteiger partial charge on any atom is -0.491 e. The Hall–Kier alpha value is -2.28. The van der Waals surface area contributed by atoms with Crippen molar-refractivity contribution in [3.63, 3.8) is 0 Å². The molecule has 7 nitrogen and oxygen atoms in total. The van der Waals surface area contributed by atoms with Crippen LogP contribution < -0.4 is 10.1 Å². The summed E-state index contributed by atoms with van der Waals surface area (Å²) < 4.78 is 11.0. The number of carbonyl (C=O) groups excluding carboxylic acids is 2. The highest BCUT2D eigenvalue weighted by molar-refractivity contribution is 5.73. The number of aliphatic hydroxyl groups excluding tert-OH is 1. The fraction of sp³-hybridized carbons (Fsp3) is 0.619. The second-order valence-corrected chi connectivity index (χ2v) is 8.13. The largest absolute Gasteiger partial charge is 0.491 e. The molecule has 0 bridgehead atoms. The number of benzene rings is 1. The van der Waals surface area contributed by atoms with E-state index in [1.165, 1.54) is 0 Å². The van der Waals surface area contributed by atoms with Crippen LogP contribution in [0.4, 0.5) is 4.79 Å². The molecule has 1 fully saturated rings. The lowest BCUT2D eigenvalue weighted by Crippen LogP contribution is -2.37. The van der Waals surface area contributed by atoms with Crippen LogP contribution in [0.3, 0.4) is 0 Å². The number of nitrogens with zero attached hydrogens (tertiary/aromatic N) is 1. The molecule has 7 heteroatoms. The van der Waals surface area contributed by atoms with Gasteiger partial charge in [-0.05, 0) is 57.7 Å². The number of nitrogens with one attached hydrogen (secondary N) is 1. The maximum atomic E-state index is 11.7. The fourth-order valence-electron chi connectivity index (χ4n) is 3.22. The first-order valence-electron chi connectivity index (χ1n) is 9.80. The van der Waals surface area contributed by atoms with Crippen molar-refractivity contribution in [1.82, 2.24) is 10.2 Å². The number of hydrogen-bond acceptors (Lipinski definition) is 5. The van der Waals surface area contributed by atoms with Gasteiger partial charge in [-0.25, -0.2) is 4.79 Å². The molecule has 1 aliphatic heterocycles. The molecule has 28 heavy (non-hydrogen) atoms. The number of rotatable bonds is 7. The van der Waals surface area contributed by atoms with E-state index >= 15 is 0 Å². The molecule has 1 heterocycles. The van der Waals surface area contributed by atoms with Gasteiger partial charge in [0.15, 0.2) is 0 Å². The Morgan fingerprint density at radius 1 is 1.36 bits per heavy atom. The average molecular weight is 392 g/mol. The Labute approximate surface area is 167 Å². The van der Waals surface area contributed by atoms with Crippen molar-refractivity contribution >= 4 is 12.0 Å². The molecule has 2 N–H and O–H groups in total. The van der Waals surface area contributed by atoms with Crippen LogP contribution in [0.5, 0.6) is 5.75 Å². The minimum absolute atomic E-state index is 0.0766. The minimum atomic E-state index is -0.723. The maximum absolute atomic E-state index is 11.7. The first-order chi connectivity index (χ1) is 13.2. The summed E-state index contributed by atoms with van der Waals surface area (Å²) in [5.74, 6) is 0.736. The van der Waals surface area contributed by atoms with Crippen molar-refractivity contribution in [3.8, 4) is 5.75 Å². The number of likely N-dealkylation sites (tertiary alicyclic amines) is 1. The predicted octanol–water partition coefficient (Wildman–Crippen LogP) is 3.02. The van der Waals surface area contributed by atoms with Crippen LogP contribution in [0.1, 0.15) is 58.6 Å². The van der Waals surface area contributed by atoms with E-state index < -0.39 is 17.8 Å². The predicted molar refractivity (Wildman–Crippen MR) is 106 cm³/mol. The van der Waals surface area contributed by atoms with Gasteiger partial charge in [0, 0.05) is 20.0 Å². The molecule has 0 spiro atoms. The van der Waals surface area contributed by atoms with E-state index in [4.69, 9.17) is 9.47 Å². The third kappa shape index (κ3) is 7.03. The zero-order valence-corrected chi connectivity index (χ0v) is 17.2. The lowest BCUT2D eigenvalue weighted by Gasteiger charge is -2.23. The van der Waals surface area contributed by atoms with E-state index in [2.05, 4.69) is 5.32 Å². The van der Waals surface area contributed by atoms with Gasteiger partial charge in [-0.1, -0.05) is 12.1 Å². The summed E-state index contributed by atoms with van der Waals surface area (Å²) in [6.07, 6.45) is 1.08. The van der Waals surface area contributed by atoms with Gasteiger partial charge in [-0.2, -0.15) is 0 Å². The topological polar surface area (TPSA) is 88.1 Å². The number of ether oxygens (including phenoxy) is 2. The van der Waals surface area contributed by atoms with E-state index in [1.54, 1.807) is 33.8 Å². The number of carbonyl (C=O) groups is 2. The molecule has 0 unspecified atom stereocenters. The Morgan fingerprint density at radius 3 is 2.79 bits per heavy atom. The van der Waals surface area contributed by atoms with Crippen molar-refractivity contribution in [3.05, 3.63) is 29.8 Å². The molecule has 1 aliphatic rings. The van der Waals surface area contributed by atoms with Gasteiger partial charge in [0.2, 0.25) is 5.91 Å². The summed E-state index contributed by atoms with van der Waals surface area (Å²) in [7, 11) is 0. The van der Waals surface area contributed by atoms with E-state index in [0.717, 1.165) is 24.9 Å². The molecular formula is C21H32N2O5. The van der Waals surface area contributed by atoms with E-state index in [1.807, 2.05) is 23.1 Å². The van der Waals surface area contributed by atoms with Crippen molar-refractivity contribution in [2.24, 2.45) is 0 Å². The molecule has 2 amide bonds. The number of hydrogen-bond donors (Lipinski definition) is 2. The van der Waals surface area contributed by atoms with Crippen LogP contribution in [0, 0.1) is 0 Å². The van der Waals surface area contributed by atoms with Crippen molar-refractivity contribution in [1.29, 1.82) is 0 Å². The second-order valence-electron chi connectivity index (χ2n) is 8.13.